The van der Waals surface area contributed by atoms with Crippen molar-refractivity contribution < 1.29 is 19.4 Å². The molecule has 1 aliphatic rings. The number of rotatable bonds is 7. The fraction of sp³-hybridized carbons (Fsp3) is 0.846. The number of nitrogens with zero attached hydrogens (tertiary/aromatic N) is 1. The molecule has 0 aliphatic carbocycles. The lowest BCUT2D eigenvalue weighted by Gasteiger charge is -2.22. The van der Waals surface area contributed by atoms with Crippen LogP contribution in [0.15, 0.2) is 0 Å². The predicted octanol–water partition coefficient (Wildman–Crippen LogP) is 1.31. The summed E-state index contributed by atoms with van der Waals surface area (Å²) in [6, 6.07) is -0.167. The Labute approximate surface area is 114 Å². The van der Waals surface area contributed by atoms with Gasteiger partial charge in [0.05, 0.1) is 6.10 Å². The van der Waals surface area contributed by atoms with Gasteiger partial charge in [-0.2, -0.15) is 0 Å². The van der Waals surface area contributed by atoms with Crippen molar-refractivity contribution in [2.75, 3.05) is 26.7 Å². The first kappa shape index (κ1) is 15.8. The summed E-state index contributed by atoms with van der Waals surface area (Å²) < 4.78 is 5.47. The van der Waals surface area contributed by atoms with E-state index < -0.39 is 5.97 Å². The topological polar surface area (TPSA) is 78.9 Å². The number of carboxylic acid groups (broad SMARTS) is 1. The highest BCUT2D eigenvalue weighted by molar-refractivity contribution is 5.74. The van der Waals surface area contributed by atoms with Crippen molar-refractivity contribution in [2.45, 2.75) is 38.7 Å². The molecule has 19 heavy (non-hydrogen) atoms. The monoisotopic (exact) mass is 272 g/mol. The normalized spacial score (nSPS) is 20.0. The van der Waals surface area contributed by atoms with E-state index >= 15 is 0 Å². The van der Waals surface area contributed by atoms with Gasteiger partial charge in [0, 0.05) is 33.2 Å². The molecule has 1 saturated heterocycles. The number of hydrogen-bond acceptors (Lipinski definition) is 3. The van der Waals surface area contributed by atoms with Gasteiger partial charge in [-0.25, -0.2) is 4.79 Å². The summed E-state index contributed by atoms with van der Waals surface area (Å²) in [7, 11) is 1.73. The summed E-state index contributed by atoms with van der Waals surface area (Å²) in [6.45, 7) is 3.69. The quantitative estimate of drug-likeness (QED) is 0.732. The third-order valence-corrected chi connectivity index (χ3v) is 3.43. The number of hydrogen-bond donors (Lipinski definition) is 2. The number of nitrogens with one attached hydrogen (secondary N) is 1. The zero-order valence-electron chi connectivity index (χ0n) is 11.7. The number of carbonyl (C=O) groups is 2. The van der Waals surface area contributed by atoms with Crippen LogP contribution in [-0.4, -0.2) is 54.9 Å². The minimum Gasteiger partial charge on any atom is -0.481 e. The van der Waals surface area contributed by atoms with E-state index in [1.807, 2.05) is 6.92 Å². The van der Waals surface area contributed by atoms with Crippen LogP contribution in [0.25, 0.3) is 0 Å². The zero-order chi connectivity index (χ0) is 14.3. The Morgan fingerprint density at radius 2 is 2.26 bits per heavy atom. The summed E-state index contributed by atoms with van der Waals surface area (Å²) in [5.41, 5.74) is 0. The average molecular weight is 272 g/mol. The molecular weight excluding hydrogens is 248 g/mol. The van der Waals surface area contributed by atoms with E-state index in [1.165, 1.54) is 0 Å². The van der Waals surface area contributed by atoms with E-state index in [2.05, 4.69) is 5.32 Å². The molecule has 0 spiro atoms. The van der Waals surface area contributed by atoms with E-state index in [4.69, 9.17) is 9.84 Å². The van der Waals surface area contributed by atoms with Crippen molar-refractivity contribution in [3.63, 3.8) is 0 Å². The molecule has 0 aromatic heterocycles. The number of amides is 2. The van der Waals surface area contributed by atoms with Crippen molar-refractivity contribution in [2.24, 2.45) is 5.92 Å². The highest BCUT2D eigenvalue weighted by atomic mass is 16.5. The van der Waals surface area contributed by atoms with Gasteiger partial charge in [-0.05, 0) is 18.8 Å². The van der Waals surface area contributed by atoms with Crippen LogP contribution in [0, 0.1) is 5.92 Å². The van der Waals surface area contributed by atoms with Gasteiger partial charge in [-0.3, -0.25) is 4.79 Å². The van der Waals surface area contributed by atoms with E-state index in [0.29, 0.717) is 13.1 Å². The molecule has 2 atom stereocenters. The van der Waals surface area contributed by atoms with Crippen LogP contribution in [-0.2, 0) is 9.53 Å². The number of urea groups is 1. The predicted molar refractivity (Wildman–Crippen MR) is 71.0 cm³/mol. The van der Waals surface area contributed by atoms with Gasteiger partial charge in [0.2, 0.25) is 0 Å². The van der Waals surface area contributed by atoms with Gasteiger partial charge < -0.3 is 20.1 Å². The van der Waals surface area contributed by atoms with E-state index in [1.54, 1.807) is 11.9 Å². The van der Waals surface area contributed by atoms with Crippen LogP contribution >= 0.6 is 0 Å². The van der Waals surface area contributed by atoms with Crippen LogP contribution in [0.1, 0.15) is 32.6 Å². The van der Waals surface area contributed by atoms with Crippen molar-refractivity contribution in [3.8, 4) is 0 Å². The summed E-state index contributed by atoms with van der Waals surface area (Å²) in [4.78, 5) is 24.1. The Kier molecular flexibility index (Phi) is 6.62. The molecule has 0 aromatic rings. The van der Waals surface area contributed by atoms with Crippen molar-refractivity contribution in [1.82, 2.24) is 10.2 Å². The molecule has 1 heterocycles. The summed E-state index contributed by atoms with van der Waals surface area (Å²) in [5, 5.41) is 11.5. The maximum absolute atomic E-state index is 11.8. The molecule has 1 fully saturated rings. The highest BCUT2D eigenvalue weighted by Crippen LogP contribution is 2.13. The molecule has 1 rings (SSSR count). The van der Waals surface area contributed by atoms with Gasteiger partial charge in [0.25, 0.3) is 0 Å². The van der Waals surface area contributed by atoms with Gasteiger partial charge in [-0.15, -0.1) is 0 Å². The highest BCUT2D eigenvalue weighted by Gasteiger charge is 2.20. The molecule has 0 aromatic carbocycles. The van der Waals surface area contributed by atoms with Gasteiger partial charge in [0.1, 0.15) is 0 Å². The van der Waals surface area contributed by atoms with Crippen LogP contribution in [0.2, 0.25) is 0 Å². The number of ether oxygens (including phenoxy) is 1. The molecular formula is C13H24N2O4. The second-order valence-electron chi connectivity index (χ2n) is 5.07. The number of likely N-dealkylation sites (N-methyl/N-ethyl adjacent to an activating group) is 1. The second-order valence-corrected chi connectivity index (χ2v) is 5.07. The summed E-state index contributed by atoms with van der Waals surface area (Å²) in [5.74, 6) is -0.841. The summed E-state index contributed by atoms with van der Waals surface area (Å²) in [6.07, 6.45) is 3.01. The minimum atomic E-state index is -0.825. The number of carbonyl (C=O) groups excluding carboxylic acids is 1. The molecule has 6 nitrogen and oxygen atoms in total. The number of carboxylic acids is 1. The Hall–Kier alpha value is -1.30. The molecule has 0 bridgehead atoms. The molecule has 1 aliphatic heterocycles. The van der Waals surface area contributed by atoms with Crippen molar-refractivity contribution >= 4 is 12.0 Å². The zero-order valence-corrected chi connectivity index (χ0v) is 11.7. The van der Waals surface area contributed by atoms with Gasteiger partial charge in [0.15, 0.2) is 0 Å². The standard InChI is InChI=1S/C13H24N2O4/c1-3-10(7-12(16)17)8-14-13(18)15(2)9-11-5-4-6-19-11/h10-11H,3-9H2,1-2H3,(H,14,18)(H,16,17). The molecule has 0 saturated carbocycles. The largest absolute Gasteiger partial charge is 0.481 e. The maximum atomic E-state index is 11.8. The van der Waals surface area contributed by atoms with Crippen molar-refractivity contribution in [1.29, 1.82) is 0 Å². The first-order valence-electron chi connectivity index (χ1n) is 6.85. The molecule has 2 unspecified atom stereocenters. The van der Waals surface area contributed by atoms with E-state index in [-0.39, 0.29) is 24.5 Å². The lowest BCUT2D eigenvalue weighted by atomic mass is 10.0. The van der Waals surface area contributed by atoms with Gasteiger partial charge in [-0.1, -0.05) is 13.3 Å². The van der Waals surface area contributed by atoms with Crippen LogP contribution in [0.4, 0.5) is 4.79 Å². The minimum absolute atomic E-state index is 0.0161. The maximum Gasteiger partial charge on any atom is 0.317 e. The van der Waals surface area contributed by atoms with E-state index in [9.17, 15) is 9.59 Å². The third kappa shape index (κ3) is 5.92. The molecule has 110 valence electrons. The Morgan fingerprint density at radius 1 is 1.53 bits per heavy atom. The van der Waals surface area contributed by atoms with Crippen LogP contribution in [0.5, 0.6) is 0 Å². The SMILES string of the molecule is CCC(CNC(=O)N(C)CC1CCCO1)CC(=O)O. The first-order chi connectivity index (χ1) is 9.02. The Bertz CT molecular complexity index is 303. The van der Waals surface area contributed by atoms with Crippen molar-refractivity contribution in [3.05, 3.63) is 0 Å². The lowest BCUT2D eigenvalue weighted by molar-refractivity contribution is -0.138. The first-order valence-corrected chi connectivity index (χ1v) is 6.85. The average Bonchev–Trinajstić information content (AvgIpc) is 2.86. The van der Waals surface area contributed by atoms with Crippen LogP contribution in [0.3, 0.4) is 0 Å². The third-order valence-electron chi connectivity index (χ3n) is 3.43. The second kappa shape index (κ2) is 7.99. The molecule has 0 radical (unpaired) electrons. The smallest absolute Gasteiger partial charge is 0.317 e. The van der Waals surface area contributed by atoms with Crippen LogP contribution < -0.4 is 5.32 Å². The molecule has 2 amide bonds. The van der Waals surface area contributed by atoms with E-state index in [0.717, 1.165) is 25.9 Å². The molecule has 2 N–H and O–H groups in total. The fourth-order valence-electron chi connectivity index (χ4n) is 2.15. The van der Waals surface area contributed by atoms with Gasteiger partial charge >= 0.3 is 12.0 Å². The summed E-state index contributed by atoms with van der Waals surface area (Å²) >= 11 is 0. The Morgan fingerprint density at radius 3 is 2.79 bits per heavy atom. The Balaban J connectivity index is 2.26. The fourth-order valence-corrected chi connectivity index (χ4v) is 2.15. The molecule has 6 heteroatoms. The number of aliphatic carboxylic acids is 1. The lowest BCUT2D eigenvalue weighted by Crippen LogP contribution is -2.42.